The molecule has 2 saturated carbocycles. The molecule has 0 aromatic carbocycles. The van der Waals surface area contributed by atoms with E-state index in [2.05, 4.69) is 12.2 Å². The van der Waals surface area contributed by atoms with Gasteiger partial charge in [-0.3, -0.25) is 0 Å². The molecule has 2 N–H and O–H groups in total. The molecule has 0 bridgehead atoms. The van der Waals surface area contributed by atoms with E-state index in [0.29, 0.717) is 12.0 Å². The van der Waals surface area contributed by atoms with Crippen LogP contribution in [0.2, 0.25) is 0 Å². The van der Waals surface area contributed by atoms with E-state index in [1.807, 2.05) is 0 Å². The SMILES string of the molecule is CC1CCCC(NCC(O)C2CC2)CC1. The predicted octanol–water partition coefficient (Wildman–Crippen LogP) is 2.32. The first-order chi connectivity index (χ1) is 7.25. The molecular weight excluding hydrogens is 186 g/mol. The monoisotopic (exact) mass is 211 g/mol. The standard InChI is InChI=1S/C13H25NO/c1-10-3-2-4-12(8-5-10)14-9-13(15)11-6-7-11/h10-15H,2-9H2,1H3. The van der Waals surface area contributed by atoms with Crippen molar-refractivity contribution in [1.82, 2.24) is 5.32 Å². The fourth-order valence-electron chi connectivity index (χ4n) is 2.63. The van der Waals surface area contributed by atoms with Crippen molar-refractivity contribution in [3.8, 4) is 0 Å². The number of hydrogen-bond donors (Lipinski definition) is 2. The van der Waals surface area contributed by atoms with Crippen molar-refractivity contribution in [3.63, 3.8) is 0 Å². The van der Waals surface area contributed by atoms with Crippen LogP contribution in [0.4, 0.5) is 0 Å². The van der Waals surface area contributed by atoms with Crippen molar-refractivity contribution in [2.45, 2.75) is 64.0 Å². The van der Waals surface area contributed by atoms with Crippen LogP contribution in [0.25, 0.3) is 0 Å². The van der Waals surface area contributed by atoms with Gasteiger partial charge in [0.1, 0.15) is 0 Å². The molecule has 0 spiro atoms. The van der Waals surface area contributed by atoms with E-state index in [0.717, 1.165) is 12.5 Å². The maximum absolute atomic E-state index is 9.78. The van der Waals surface area contributed by atoms with Gasteiger partial charge in [-0.1, -0.05) is 19.8 Å². The Morgan fingerprint density at radius 3 is 2.67 bits per heavy atom. The Kier molecular flexibility index (Phi) is 4.04. The number of nitrogens with one attached hydrogen (secondary N) is 1. The van der Waals surface area contributed by atoms with Gasteiger partial charge < -0.3 is 10.4 Å². The second kappa shape index (κ2) is 5.31. The molecule has 2 aliphatic carbocycles. The highest BCUT2D eigenvalue weighted by Gasteiger charge is 2.29. The van der Waals surface area contributed by atoms with E-state index < -0.39 is 0 Å². The van der Waals surface area contributed by atoms with Crippen molar-refractivity contribution in [2.75, 3.05) is 6.54 Å². The minimum atomic E-state index is -0.0781. The average molecular weight is 211 g/mol. The summed E-state index contributed by atoms with van der Waals surface area (Å²) in [6.45, 7) is 3.19. The van der Waals surface area contributed by atoms with Gasteiger partial charge in [-0.15, -0.1) is 0 Å². The highest BCUT2D eigenvalue weighted by atomic mass is 16.3. The third-order valence-corrected chi connectivity index (χ3v) is 4.04. The first kappa shape index (κ1) is 11.4. The predicted molar refractivity (Wildman–Crippen MR) is 62.8 cm³/mol. The molecule has 0 heterocycles. The summed E-state index contributed by atoms with van der Waals surface area (Å²) in [7, 11) is 0. The smallest absolute Gasteiger partial charge is 0.0692 e. The van der Waals surface area contributed by atoms with Crippen molar-refractivity contribution in [2.24, 2.45) is 11.8 Å². The summed E-state index contributed by atoms with van der Waals surface area (Å²) in [6.07, 6.45) is 9.12. The van der Waals surface area contributed by atoms with Gasteiger partial charge in [-0.05, 0) is 43.9 Å². The van der Waals surface area contributed by atoms with Gasteiger partial charge in [-0.2, -0.15) is 0 Å². The molecule has 2 nitrogen and oxygen atoms in total. The molecule has 0 amide bonds. The molecule has 88 valence electrons. The van der Waals surface area contributed by atoms with Gasteiger partial charge in [0, 0.05) is 12.6 Å². The third-order valence-electron chi connectivity index (χ3n) is 4.04. The fourth-order valence-corrected chi connectivity index (χ4v) is 2.63. The summed E-state index contributed by atoms with van der Waals surface area (Å²) in [6, 6.07) is 0.670. The zero-order valence-electron chi connectivity index (χ0n) is 9.91. The summed E-state index contributed by atoms with van der Waals surface area (Å²) in [5.74, 6) is 1.52. The first-order valence-electron chi connectivity index (χ1n) is 6.67. The number of rotatable bonds is 4. The van der Waals surface area contributed by atoms with Crippen LogP contribution in [-0.2, 0) is 0 Å². The lowest BCUT2D eigenvalue weighted by atomic mass is 10.0. The molecule has 0 aromatic rings. The molecule has 0 aliphatic heterocycles. The summed E-state index contributed by atoms with van der Waals surface area (Å²) >= 11 is 0. The Labute approximate surface area is 93.5 Å². The Balaban J connectivity index is 1.64. The lowest BCUT2D eigenvalue weighted by Crippen LogP contribution is -2.36. The van der Waals surface area contributed by atoms with E-state index in [9.17, 15) is 5.11 Å². The third kappa shape index (κ3) is 3.76. The second-order valence-electron chi connectivity index (χ2n) is 5.62. The molecule has 2 fully saturated rings. The Hall–Kier alpha value is -0.0800. The molecule has 0 radical (unpaired) electrons. The largest absolute Gasteiger partial charge is 0.392 e. The van der Waals surface area contributed by atoms with Crippen LogP contribution >= 0.6 is 0 Å². The minimum Gasteiger partial charge on any atom is -0.392 e. The quantitative estimate of drug-likeness (QED) is 0.699. The Morgan fingerprint density at radius 1 is 1.13 bits per heavy atom. The van der Waals surface area contributed by atoms with Crippen molar-refractivity contribution in [1.29, 1.82) is 0 Å². The minimum absolute atomic E-state index is 0.0781. The summed E-state index contributed by atoms with van der Waals surface area (Å²) < 4.78 is 0. The topological polar surface area (TPSA) is 32.3 Å². The normalized spacial score (nSPS) is 34.8. The molecule has 15 heavy (non-hydrogen) atoms. The van der Waals surface area contributed by atoms with Crippen LogP contribution < -0.4 is 5.32 Å². The van der Waals surface area contributed by atoms with E-state index in [-0.39, 0.29) is 6.10 Å². The van der Waals surface area contributed by atoms with E-state index in [1.54, 1.807) is 0 Å². The van der Waals surface area contributed by atoms with E-state index >= 15 is 0 Å². The summed E-state index contributed by atoms with van der Waals surface area (Å²) in [4.78, 5) is 0. The van der Waals surface area contributed by atoms with Gasteiger partial charge in [0.15, 0.2) is 0 Å². The highest BCUT2D eigenvalue weighted by Crippen LogP contribution is 2.32. The van der Waals surface area contributed by atoms with Crippen LogP contribution in [0.1, 0.15) is 51.9 Å². The van der Waals surface area contributed by atoms with Gasteiger partial charge in [0.2, 0.25) is 0 Å². The summed E-state index contributed by atoms with van der Waals surface area (Å²) in [5, 5.41) is 13.3. The zero-order chi connectivity index (χ0) is 10.7. The molecule has 2 aliphatic rings. The van der Waals surface area contributed by atoms with Crippen LogP contribution in [0.5, 0.6) is 0 Å². The fraction of sp³-hybridized carbons (Fsp3) is 1.00. The maximum atomic E-state index is 9.78. The Morgan fingerprint density at radius 2 is 1.93 bits per heavy atom. The Bertz CT molecular complexity index is 191. The maximum Gasteiger partial charge on any atom is 0.0692 e. The number of aliphatic hydroxyl groups excluding tert-OH is 1. The van der Waals surface area contributed by atoms with Crippen molar-refractivity contribution < 1.29 is 5.11 Å². The zero-order valence-corrected chi connectivity index (χ0v) is 9.91. The van der Waals surface area contributed by atoms with Gasteiger partial charge in [0.05, 0.1) is 6.10 Å². The van der Waals surface area contributed by atoms with Crippen molar-refractivity contribution >= 4 is 0 Å². The van der Waals surface area contributed by atoms with Gasteiger partial charge >= 0.3 is 0 Å². The number of hydrogen-bond acceptors (Lipinski definition) is 2. The van der Waals surface area contributed by atoms with Crippen LogP contribution in [0, 0.1) is 11.8 Å². The van der Waals surface area contributed by atoms with Crippen LogP contribution in [-0.4, -0.2) is 23.8 Å². The molecule has 3 atom stereocenters. The molecule has 2 heteroatoms. The van der Waals surface area contributed by atoms with E-state index in [1.165, 1.54) is 44.9 Å². The van der Waals surface area contributed by atoms with Gasteiger partial charge in [0.25, 0.3) is 0 Å². The van der Waals surface area contributed by atoms with Gasteiger partial charge in [-0.25, -0.2) is 0 Å². The lowest BCUT2D eigenvalue weighted by Gasteiger charge is -2.18. The van der Waals surface area contributed by atoms with Crippen molar-refractivity contribution in [3.05, 3.63) is 0 Å². The van der Waals surface area contributed by atoms with Crippen LogP contribution in [0.15, 0.2) is 0 Å². The van der Waals surface area contributed by atoms with E-state index in [4.69, 9.17) is 0 Å². The molecule has 0 aromatic heterocycles. The second-order valence-corrected chi connectivity index (χ2v) is 5.62. The first-order valence-corrected chi connectivity index (χ1v) is 6.67. The molecular formula is C13H25NO. The lowest BCUT2D eigenvalue weighted by molar-refractivity contribution is 0.143. The molecule has 3 unspecified atom stereocenters. The highest BCUT2D eigenvalue weighted by molar-refractivity contribution is 4.83. The molecule has 0 saturated heterocycles. The van der Waals surface area contributed by atoms with Crippen LogP contribution in [0.3, 0.4) is 0 Å². The summed E-state index contributed by atoms with van der Waals surface area (Å²) in [5.41, 5.74) is 0. The average Bonchev–Trinajstić information content (AvgIpc) is 3.02. The number of aliphatic hydroxyl groups is 1. The molecule has 2 rings (SSSR count).